The number of aromatic nitrogens is 1. The molecule has 1 aliphatic rings. The van der Waals surface area contributed by atoms with E-state index in [0.717, 1.165) is 0 Å². The van der Waals surface area contributed by atoms with Crippen LogP contribution < -0.4 is 20.5 Å². The molecule has 31 heavy (non-hydrogen) atoms. The van der Waals surface area contributed by atoms with Crippen LogP contribution >= 0.6 is 0 Å². The fraction of sp³-hybridized carbons (Fsp3) is 0.0476. The Labute approximate surface area is 175 Å². The number of carbonyl (C=O) groups excluding carboxylic acids is 1. The van der Waals surface area contributed by atoms with Crippen LogP contribution in [0.15, 0.2) is 74.8 Å². The summed E-state index contributed by atoms with van der Waals surface area (Å²) in [4.78, 5) is 24.2. The molecule has 0 radical (unpaired) electrons. The van der Waals surface area contributed by atoms with Crippen LogP contribution in [-0.4, -0.2) is 18.9 Å². The molecule has 0 saturated carbocycles. The lowest BCUT2D eigenvalue weighted by Gasteiger charge is -2.11. The van der Waals surface area contributed by atoms with Gasteiger partial charge in [0.05, 0.1) is 21.7 Å². The lowest BCUT2D eigenvalue weighted by atomic mass is 10.1. The molecule has 0 saturated heterocycles. The van der Waals surface area contributed by atoms with Crippen LogP contribution in [-0.2, 0) is 17.1 Å². The molecule has 2 N–H and O–H groups in total. The van der Waals surface area contributed by atoms with E-state index in [0.29, 0.717) is 22.7 Å². The molecule has 0 spiro atoms. The van der Waals surface area contributed by atoms with Crippen molar-refractivity contribution in [2.24, 2.45) is 7.05 Å². The number of hydrogen-bond acceptors (Lipinski definition) is 6. The summed E-state index contributed by atoms with van der Waals surface area (Å²) in [5, 5.41) is 2.75. The number of benzene rings is 3. The normalized spacial score (nSPS) is 13.0. The monoisotopic (exact) mass is 437 g/mol. The van der Waals surface area contributed by atoms with E-state index in [-0.39, 0.29) is 21.7 Å². The number of aryl methyl sites for hydroxylation is 1. The van der Waals surface area contributed by atoms with Crippen LogP contribution in [0.1, 0.15) is 10.4 Å². The molecule has 1 aromatic heterocycles. The molecule has 4 aromatic rings. The van der Waals surface area contributed by atoms with E-state index in [9.17, 15) is 18.0 Å². The Morgan fingerprint density at radius 1 is 0.968 bits per heavy atom. The van der Waals surface area contributed by atoms with Gasteiger partial charge in [0.1, 0.15) is 5.75 Å². The first-order valence-corrected chi connectivity index (χ1v) is 10.6. The molecule has 0 fully saturated rings. The van der Waals surface area contributed by atoms with Crippen LogP contribution in [0, 0.1) is 0 Å². The number of ether oxygens (including phenoxy) is 1. The third-order valence-electron chi connectivity index (χ3n) is 4.90. The first kappa shape index (κ1) is 18.9. The SMILES string of the molecule is Cn1c(=O)oc2ccc(S(=O)(=O)Nc3ccc4c(c3)C(=O)Nc3ccccc3O4)cc21. The Balaban J connectivity index is 1.49. The van der Waals surface area contributed by atoms with Gasteiger partial charge in [0.25, 0.3) is 15.9 Å². The van der Waals surface area contributed by atoms with Gasteiger partial charge in [-0.25, -0.2) is 13.2 Å². The topological polar surface area (TPSA) is 120 Å². The minimum absolute atomic E-state index is 0.0561. The Kier molecular flexibility index (Phi) is 4.12. The zero-order chi connectivity index (χ0) is 21.8. The van der Waals surface area contributed by atoms with Gasteiger partial charge in [0.15, 0.2) is 11.3 Å². The lowest BCUT2D eigenvalue weighted by molar-refractivity contribution is 0.102. The fourth-order valence-electron chi connectivity index (χ4n) is 3.31. The summed E-state index contributed by atoms with van der Waals surface area (Å²) in [6.07, 6.45) is 0. The van der Waals surface area contributed by atoms with Gasteiger partial charge in [-0.1, -0.05) is 12.1 Å². The smallest absolute Gasteiger partial charge is 0.419 e. The number of amides is 1. The number of carbonyl (C=O) groups is 1. The summed E-state index contributed by atoms with van der Waals surface area (Å²) in [5.41, 5.74) is 1.52. The number of sulfonamides is 1. The quantitative estimate of drug-likeness (QED) is 0.508. The van der Waals surface area contributed by atoms with E-state index in [4.69, 9.17) is 9.15 Å². The minimum Gasteiger partial charge on any atom is -0.454 e. The summed E-state index contributed by atoms with van der Waals surface area (Å²) < 4.78 is 40.3. The van der Waals surface area contributed by atoms with Gasteiger partial charge in [-0.3, -0.25) is 14.1 Å². The van der Waals surface area contributed by atoms with E-state index in [2.05, 4.69) is 10.0 Å². The average molecular weight is 437 g/mol. The molecule has 1 amide bonds. The molecule has 0 bridgehead atoms. The predicted molar refractivity (Wildman–Crippen MR) is 113 cm³/mol. The van der Waals surface area contributed by atoms with Crippen molar-refractivity contribution in [3.8, 4) is 11.5 Å². The molecule has 9 nitrogen and oxygen atoms in total. The second kappa shape index (κ2) is 6.74. The predicted octanol–water partition coefficient (Wildman–Crippen LogP) is 3.29. The van der Waals surface area contributed by atoms with Gasteiger partial charge in [-0.15, -0.1) is 0 Å². The molecule has 156 valence electrons. The zero-order valence-electron chi connectivity index (χ0n) is 16.1. The number of fused-ring (bicyclic) bond motifs is 3. The van der Waals surface area contributed by atoms with Crippen LogP contribution in [0.4, 0.5) is 11.4 Å². The lowest BCUT2D eigenvalue weighted by Crippen LogP contribution is -2.15. The van der Waals surface area contributed by atoms with E-state index in [1.807, 2.05) is 0 Å². The molecule has 5 rings (SSSR count). The number of hydrogen-bond donors (Lipinski definition) is 2. The number of nitrogens with zero attached hydrogens (tertiary/aromatic N) is 1. The van der Waals surface area contributed by atoms with Crippen molar-refractivity contribution in [3.63, 3.8) is 0 Å². The highest BCUT2D eigenvalue weighted by molar-refractivity contribution is 7.92. The molecule has 1 aliphatic heterocycles. The van der Waals surface area contributed by atoms with Crippen LogP contribution in [0.5, 0.6) is 11.5 Å². The second-order valence-electron chi connectivity index (χ2n) is 6.93. The van der Waals surface area contributed by atoms with Gasteiger partial charge in [0, 0.05) is 12.7 Å². The molecular formula is C21H15N3O6S. The molecule has 2 heterocycles. The van der Waals surface area contributed by atoms with Gasteiger partial charge in [0.2, 0.25) is 0 Å². The van der Waals surface area contributed by atoms with E-state index < -0.39 is 21.7 Å². The summed E-state index contributed by atoms with van der Waals surface area (Å²) >= 11 is 0. The summed E-state index contributed by atoms with van der Waals surface area (Å²) in [6, 6.07) is 15.5. The Hall–Kier alpha value is -4.05. The Morgan fingerprint density at radius 3 is 2.61 bits per heavy atom. The van der Waals surface area contributed by atoms with E-state index >= 15 is 0 Å². The summed E-state index contributed by atoms with van der Waals surface area (Å²) in [6.45, 7) is 0. The number of rotatable bonds is 3. The zero-order valence-corrected chi connectivity index (χ0v) is 16.9. The van der Waals surface area contributed by atoms with Crippen LogP contribution in [0.2, 0.25) is 0 Å². The number of anilines is 2. The van der Waals surface area contributed by atoms with Crippen LogP contribution in [0.3, 0.4) is 0 Å². The van der Waals surface area contributed by atoms with Gasteiger partial charge in [-0.2, -0.15) is 0 Å². The highest BCUT2D eigenvalue weighted by Gasteiger charge is 2.23. The summed E-state index contributed by atoms with van der Waals surface area (Å²) in [7, 11) is -2.51. The maximum Gasteiger partial charge on any atom is 0.419 e. The van der Waals surface area contributed by atoms with Gasteiger partial charge < -0.3 is 14.5 Å². The van der Waals surface area contributed by atoms with Crippen molar-refractivity contribution in [3.05, 3.63) is 76.8 Å². The third-order valence-corrected chi connectivity index (χ3v) is 6.28. The Morgan fingerprint density at radius 2 is 1.77 bits per heavy atom. The van der Waals surface area contributed by atoms with Crippen molar-refractivity contribution in [2.45, 2.75) is 4.90 Å². The minimum atomic E-state index is -4.00. The highest BCUT2D eigenvalue weighted by atomic mass is 32.2. The molecular weight excluding hydrogens is 422 g/mol. The van der Waals surface area contributed by atoms with E-state index in [1.54, 1.807) is 24.3 Å². The van der Waals surface area contributed by atoms with Crippen molar-refractivity contribution < 1.29 is 22.4 Å². The van der Waals surface area contributed by atoms with Gasteiger partial charge in [-0.05, 0) is 48.5 Å². The van der Waals surface area contributed by atoms with Crippen molar-refractivity contribution in [2.75, 3.05) is 10.0 Å². The van der Waals surface area contributed by atoms with Crippen molar-refractivity contribution >= 4 is 38.4 Å². The van der Waals surface area contributed by atoms with Crippen molar-refractivity contribution in [1.29, 1.82) is 0 Å². The maximum absolute atomic E-state index is 12.9. The third kappa shape index (κ3) is 3.22. The number of para-hydroxylation sites is 2. The number of nitrogens with one attached hydrogen (secondary N) is 2. The molecule has 3 aromatic carbocycles. The Bertz CT molecular complexity index is 1530. The largest absolute Gasteiger partial charge is 0.454 e. The molecule has 0 unspecified atom stereocenters. The molecule has 0 atom stereocenters. The first-order chi connectivity index (χ1) is 14.8. The average Bonchev–Trinajstić information content (AvgIpc) is 2.94. The molecule has 0 aliphatic carbocycles. The molecule has 10 heteroatoms. The second-order valence-corrected chi connectivity index (χ2v) is 8.61. The maximum atomic E-state index is 12.9. The summed E-state index contributed by atoms with van der Waals surface area (Å²) in [5.74, 6) is -0.215. The highest BCUT2D eigenvalue weighted by Crippen LogP contribution is 2.36. The standard InChI is InChI=1S/C21H15N3O6S/c1-24-16-11-13(7-9-19(16)30-21(24)26)31(27,28)23-12-6-8-17-14(10-12)20(25)22-15-4-2-3-5-18(15)29-17/h2-11,23H,1H3,(H,22,25). The first-order valence-electron chi connectivity index (χ1n) is 9.16. The van der Waals surface area contributed by atoms with Gasteiger partial charge >= 0.3 is 5.76 Å². The van der Waals surface area contributed by atoms with Crippen LogP contribution in [0.25, 0.3) is 11.1 Å². The van der Waals surface area contributed by atoms with E-state index in [1.165, 1.54) is 48.0 Å². The number of oxazole rings is 1. The van der Waals surface area contributed by atoms with Crippen molar-refractivity contribution in [1.82, 2.24) is 4.57 Å². The fourth-order valence-corrected chi connectivity index (χ4v) is 4.38.